The molecule has 0 saturated heterocycles. The highest BCUT2D eigenvalue weighted by molar-refractivity contribution is 7.22. The van der Waals surface area contributed by atoms with Crippen LogP contribution in [0.1, 0.15) is 15.9 Å². The van der Waals surface area contributed by atoms with E-state index in [4.69, 9.17) is 11.6 Å². The number of hydrogen-bond acceptors (Lipinski definition) is 5. The van der Waals surface area contributed by atoms with Gasteiger partial charge in [-0.25, -0.2) is 4.98 Å². The predicted octanol–water partition coefficient (Wildman–Crippen LogP) is 5.11. The number of aromatic nitrogens is 1. The van der Waals surface area contributed by atoms with Crippen molar-refractivity contribution in [2.45, 2.75) is 13.3 Å². The zero-order valence-corrected chi connectivity index (χ0v) is 14.6. The molecule has 0 saturated carbocycles. The van der Waals surface area contributed by atoms with Crippen LogP contribution in [0.5, 0.6) is 11.5 Å². The maximum absolute atomic E-state index is 12.3. The highest BCUT2D eigenvalue weighted by Crippen LogP contribution is 2.33. The Bertz CT molecular complexity index is 1000. The standard InChI is InChI=1S/C16H10ClF3N2O3S/c1-7-4-8(17)5-10(13(7)23)14(24)22-15-21-11-3-2-9(6-12(11)26-15)25-16(18,19)20/h2-6,23H,1H3,(H,21,22,24). The molecule has 2 aromatic carbocycles. The summed E-state index contributed by atoms with van der Waals surface area (Å²) in [5.41, 5.74) is 0.794. The molecule has 0 aliphatic heterocycles. The van der Waals surface area contributed by atoms with Gasteiger partial charge in [0.2, 0.25) is 0 Å². The lowest BCUT2D eigenvalue weighted by Crippen LogP contribution is -2.16. The number of aryl methyl sites for hydroxylation is 1. The van der Waals surface area contributed by atoms with E-state index < -0.39 is 12.3 Å². The SMILES string of the molecule is Cc1cc(Cl)cc(C(=O)Nc2nc3ccc(OC(F)(F)F)cc3s2)c1O. The van der Waals surface area contributed by atoms with Gasteiger partial charge in [0.15, 0.2) is 5.13 Å². The number of rotatable bonds is 3. The van der Waals surface area contributed by atoms with E-state index in [1.807, 2.05) is 0 Å². The fourth-order valence-electron chi connectivity index (χ4n) is 2.23. The number of carbonyl (C=O) groups is 1. The Balaban J connectivity index is 1.86. The summed E-state index contributed by atoms with van der Waals surface area (Å²) in [7, 11) is 0. The van der Waals surface area contributed by atoms with E-state index in [1.54, 1.807) is 6.92 Å². The molecule has 1 aromatic heterocycles. The number of fused-ring (bicyclic) bond motifs is 1. The Morgan fingerprint density at radius 1 is 1.31 bits per heavy atom. The van der Waals surface area contributed by atoms with E-state index in [0.29, 0.717) is 15.8 Å². The number of benzene rings is 2. The zero-order chi connectivity index (χ0) is 19.1. The second-order valence-corrected chi connectivity index (χ2v) is 6.74. The van der Waals surface area contributed by atoms with Crippen LogP contribution in [0, 0.1) is 6.92 Å². The lowest BCUT2D eigenvalue weighted by atomic mass is 10.1. The number of thiazole rings is 1. The Hall–Kier alpha value is -2.52. The summed E-state index contributed by atoms with van der Waals surface area (Å²) in [6.45, 7) is 1.60. The molecular weight excluding hydrogens is 393 g/mol. The number of halogens is 4. The van der Waals surface area contributed by atoms with E-state index in [0.717, 1.165) is 17.4 Å². The van der Waals surface area contributed by atoms with E-state index in [9.17, 15) is 23.1 Å². The van der Waals surface area contributed by atoms with E-state index in [1.165, 1.54) is 24.3 Å². The minimum absolute atomic E-state index is 0.0321. The number of ether oxygens (including phenoxy) is 1. The quantitative estimate of drug-likeness (QED) is 0.638. The van der Waals surface area contributed by atoms with Gasteiger partial charge in [0.25, 0.3) is 5.91 Å². The molecule has 1 amide bonds. The molecule has 3 aromatic rings. The average Bonchev–Trinajstić information content (AvgIpc) is 2.90. The number of alkyl halides is 3. The number of nitrogens with one attached hydrogen (secondary N) is 1. The van der Waals surface area contributed by atoms with Crippen LogP contribution in [0.3, 0.4) is 0 Å². The monoisotopic (exact) mass is 402 g/mol. The molecule has 0 unspecified atom stereocenters. The number of amides is 1. The van der Waals surface area contributed by atoms with Gasteiger partial charge in [-0.05, 0) is 36.8 Å². The molecule has 3 rings (SSSR count). The third-order valence-electron chi connectivity index (χ3n) is 3.32. The van der Waals surface area contributed by atoms with E-state index in [-0.39, 0.29) is 27.2 Å². The normalized spacial score (nSPS) is 11.6. The first kappa shape index (κ1) is 18.3. The summed E-state index contributed by atoms with van der Waals surface area (Å²) in [5.74, 6) is -1.23. The van der Waals surface area contributed by atoms with Crippen molar-refractivity contribution in [3.05, 3.63) is 46.5 Å². The molecule has 1 heterocycles. The molecule has 0 aliphatic rings. The maximum Gasteiger partial charge on any atom is 0.573 e. The van der Waals surface area contributed by atoms with Crippen LogP contribution in [-0.2, 0) is 0 Å². The van der Waals surface area contributed by atoms with Crippen LogP contribution in [0.25, 0.3) is 10.2 Å². The fraction of sp³-hybridized carbons (Fsp3) is 0.125. The summed E-state index contributed by atoms with van der Waals surface area (Å²) < 4.78 is 41.1. The van der Waals surface area contributed by atoms with Crippen LogP contribution in [0.15, 0.2) is 30.3 Å². The number of hydrogen-bond donors (Lipinski definition) is 2. The molecule has 136 valence electrons. The first-order valence-electron chi connectivity index (χ1n) is 7.09. The van der Waals surface area contributed by atoms with Crippen molar-refractivity contribution in [1.29, 1.82) is 0 Å². The number of phenolic OH excluding ortho intramolecular Hbond substituents is 1. The first-order valence-corrected chi connectivity index (χ1v) is 8.28. The van der Waals surface area contributed by atoms with Gasteiger partial charge < -0.3 is 9.84 Å². The molecule has 26 heavy (non-hydrogen) atoms. The molecule has 0 atom stereocenters. The molecule has 0 aliphatic carbocycles. The smallest absolute Gasteiger partial charge is 0.507 e. The fourth-order valence-corrected chi connectivity index (χ4v) is 3.39. The van der Waals surface area contributed by atoms with Gasteiger partial charge >= 0.3 is 6.36 Å². The molecule has 0 bridgehead atoms. The molecule has 10 heteroatoms. The van der Waals surface area contributed by atoms with Crippen LogP contribution < -0.4 is 10.1 Å². The van der Waals surface area contributed by atoms with Crippen LogP contribution in [0.4, 0.5) is 18.3 Å². The van der Waals surface area contributed by atoms with Crippen molar-refractivity contribution in [2.75, 3.05) is 5.32 Å². The topological polar surface area (TPSA) is 71.5 Å². The lowest BCUT2D eigenvalue weighted by Gasteiger charge is -2.07. The van der Waals surface area contributed by atoms with Crippen molar-refractivity contribution in [3.63, 3.8) is 0 Å². The number of aromatic hydroxyl groups is 1. The lowest BCUT2D eigenvalue weighted by molar-refractivity contribution is -0.274. The number of phenols is 1. The maximum atomic E-state index is 12.3. The van der Waals surface area contributed by atoms with Crippen LogP contribution in [-0.4, -0.2) is 22.4 Å². The summed E-state index contributed by atoms with van der Waals surface area (Å²) in [6, 6.07) is 6.48. The third-order valence-corrected chi connectivity index (χ3v) is 4.48. The van der Waals surface area contributed by atoms with E-state index >= 15 is 0 Å². The highest BCUT2D eigenvalue weighted by Gasteiger charge is 2.31. The van der Waals surface area contributed by atoms with Gasteiger partial charge in [-0.2, -0.15) is 0 Å². The molecular formula is C16H10ClF3N2O3S. The Labute approximate surface area is 154 Å². The number of nitrogens with zero attached hydrogens (tertiary/aromatic N) is 1. The minimum atomic E-state index is -4.79. The van der Waals surface area contributed by atoms with Crippen molar-refractivity contribution in [3.8, 4) is 11.5 Å². The van der Waals surface area contributed by atoms with Crippen molar-refractivity contribution in [2.24, 2.45) is 0 Å². The molecule has 5 nitrogen and oxygen atoms in total. The van der Waals surface area contributed by atoms with Gasteiger partial charge in [-0.1, -0.05) is 22.9 Å². The van der Waals surface area contributed by atoms with Gasteiger partial charge in [-0.3, -0.25) is 10.1 Å². The summed E-state index contributed by atoms with van der Waals surface area (Å²) >= 11 is 6.86. The second kappa shape index (κ2) is 6.65. The third kappa shape index (κ3) is 4.00. The predicted molar refractivity (Wildman–Crippen MR) is 92.1 cm³/mol. The van der Waals surface area contributed by atoms with Gasteiger partial charge in [0, 0.05) is 11.1 Å². The first-order chi connectivity index (χ1) is 12.1. The zero-order valence-electron chi connectivity index (χ0n) is 13.0. The van der Waals surface area contributed by atoms with Crippen molar-refractivity contribution in [1.82, 2.24) is 4.98 Å². The highest BCUT2D eigenvalue weighted by atomic mass is 35.5. The molecule has 0 radical (unpaired) electrons. The second-order valence-electron chi connectivity index (χ2n) is 5.27. The van der Waals surface area contributed by atoms with E-state index in [2.05, 4.69) is 15.0 Å². The largest absolute Gasteiger partial charge is 0.573 e. The summed E-state index contributed by atoms with van der Waals surface area (Å²) in [5, 5.41) is 12.9. The molecule has 2 N–H and O–H groups in total. The summed E-state index contributed by atoms with van der Waals surface area (Å²) in [4.78, 5) is 16.5. The number of carbonyl (C=O) groups excluding carboxylic acids is 1. The average molecular weight is 403 g/mol. The van der Waals surface area contributed by atoms with Crippen LogP contribution >= 0.6 is 22.9 Å². The number of anilines is 1. The minimum Gasteiger partial charge on any atom is -0.507 e. The Kier molecular flexibility index (Phi) is 4.68. The Morgan fingerprint density at radius 3 is 2.73 bits per heavy atom. The van der Waals surface area contributed by atoms with Crippen molar-refractivity contribution >= 4 is 44.2 Å². The van der Waals surface area contributed by atoms with Gasteiger partial charge in [0.05, 0.1) is 15.8 Å². The van der Waals surface area contributed by atoms with Gasteiger partial charge in [0.1, 0.15) is 11.5 Å². The molecule has 0 spiro atoms. The van der Waals surface area contributed by atoms with Crippen LogP contribution in [0.2, 0.25) is 5.02 Å². The Morgan fingerprint density at radius 2 is 2.04 bits per heavy atom. The summed E-state index contributed by atoms with van der Waals surface area (Å²) in [6.07, 6.45) is -4.79. The van der Waals surface area contributed by atoms with Crippen molar-refractivity contribution < 1.29 is 27.8 Å². The van der Waals surface area contributed by atoms with Gasteiger partial charge in [-0.15, -0.1) is 13.2 Å². The molecule has 0 fully saturated rings.